The molecule has 0 amide bonds. The fraction of sp³-hybridized carbons (Fsp3) is 0.500. The molecule has 5 heteroatoms. The van der Waals surface area contributed by atoms with E-state index in [0.717, 1.165) is 25.2 Å². The van der Waals surface area contributed by atoms with E-state index >= 15 is 0 Å². The Morgan fingerprint density at radius 3 is 2.63 bits per heavy atom. The SMILES string of the molecule is CCC(CO)N(Cc1sccc1C)Cc1c(C(C)(C)C)[nH]c2ncccc12. The lowest BCUT2D eigenvalue weighted by atomic mass is 9.88. The van der Waals surface area contributed by atoms with Crippen LogP contribution in [0.1, 0.15) is 55.8 Å². The number of aromatic nitrogens is 2. The summed E-state index contributed by atoms with van der Waals surface area (Å²) < 4.78 is 0. The summed E-state index contributed by atoms with van der Waals surface area (Å²) in [6.45, 7) is 12.9. The van der Waals surface area contributed by atoms with Gasteiger partial charge in [0.1, 0.15) is 5.65 Å². The van der Waals surface area contributed by atoms with E-state index in [0.29, 0.717) is 0 Å². The Kier molecular flexibility index (Phi) is 6.04. The fourth-order valence-electron chi connectivity index (χ4n) is 3.65. The molecule has 0 saturated carbocycles. The molecule has 0 aliphatic rings. The number of rotatable bonds is 7. The van der Waals surface area contributed by atoms with Gasteiger partial charge in [0.05, 0.1) is 6.61 Å². The maximum absolute atomic E-state index is 10.0. The van der Waals surface area contributed by atoms with Crippen LogP contribution >= 0.6 is 11.3 Å². The Morgan fingerprint density at radius 2 is 2.04 bits per heavy atom. The zero-order chi connectivity index (χ0) is 19.6. The maximum Gasteiger partial charge on any atom is 0.137 e. The molecule has 0 spiro atoms. The standard InChI is InChI=1S/C22H31N3OS/c1-6-16(14-26)25(13-19-15(2)9-11-27-19)12-18-17-8-7-10-23-21(17)24-20(18)22(3,4)5/h7-11,16,26H,6,12-14H2,1-5H3,(H,23,24). The number of thiophene rings is 1. The van der Waals surface area contributed by atoms with Gasteiger partial charge in [0.2, 0.25) is 0 Å². The van der Waals surface area contributed by atoms with Crippen molar-refractivity contribution in [3.05, 3.63) is 51.5 Å². The van der Waals surface area contributed by atoms with Gasteiger partial charge in [-0.3, -0.25) is 4.90 Å². The minimum absolute atomic E-state index is 0.00147. The Hall–Kier alpha value is -1.69. The molecular weight excluding hydrogens is 354 g/mol. The molecule has 3 aromatic rings. The van der Waals surface area contributed by atoms with Crippen molar-refractivity contribution in [1.29, 1.82) is 0 Å². The van der Waals surface area contributed by atoms with Gasteiger partial charge in [-0.25, -0.2) is 4.98 Å². The average Bonchev–Trinajstić information content (AvgIpc) is 3.20. The van der Waals surface area contributed by atoms with E-state index in [9.17, 15) is 5.11 Å². The van der Waals surface area contributed by atoms with Crippen LogP contribution in [0.4, 0.5) is 0 Å². The molecule has 0 aliphatic heterocycles. The normalized spacial score (nSPS) is 13.6. The average molecular weight is 386 g/mol. The molecule has 0 aromatic carbocycles. The molecule has 27 heavy (non-hydrogen) atoms. The second-order valence-electron chi connectivity index (χ2n) is 8.30. The first kappa shape index (κ1) is 20.1. The largest absolute Gasteiger partial charge is 0.395 e. The number of fused-ring (bicyclic) bond motifs is 1. The first-order valence-electron chi connectivity index (χ1n) is 9.69. The summed E-state index contributed by atoms with van der Waals surface area (Å²) >= 11 is 1.80. The quantitative estimate of drug-likeness (QED) is 0.601. The Balaban J connectivity index is 2.03. The third kappa shape index (κ3) is 4.26. The molecule has 0 saturated heterocycles. The molecule has 1 unspecified atom stereocenters. The monoisotopic (exact) mass is 385 g/mol. The van der Waals surface area contributed by atoms with Gasteiger partial charge in [-0.1, -0.05) is 27.7 Å². The topological polar surface area (TPSA) is 52.1 Å². The van der Waals surface area contributed by atoms with Crippen molar-refractivity contribution in [2.24, 2.45) is 0 Å². The highest BCUT2D eigenvalue weighted by atomic mass is 32.1. The van der Waals surface area contributed by atoms with Gasteiger partial charge in [-0.15, -0.1) is 11.3 Å². The fourth-order valence-corrected chi connectivity index (χ4v) is 4.58. The lowest BCUT2D eigenvalue weighted by Crippen LogP contribution is -2.37. The third-order valence-corrected chi connectivity index (χ3v) is 6.31. The molecular formula is C22H31N3OS. The molecule has 0 fully saturated rings. The predicted octanol–water partition coefficient (Wildman–Crippen LogP) is 5.00. The number of hydrogen-bond acceptors (Lipinski definition) is 4. The van der Waals surface area contributed by atoms with Crippen LogP contribution < -0.4 is 0 Å². The van der Waals surface area contributed by atoms with E-state index in [1.54, 1.807) is 11.3 Å². The molecule has 146 valence electrons. The third-order valence-electron chi connectivity index (χ3n) is 5.30. The Bertz CT molecular complexity index is 886. The van der Waals surface area contributed by atoms with E-state index in [1.165, 1.54) is 27.1 Å². The van der Waals surface area contributed by atoms with Crippen LogP contribution in [0.25, 0.3) is 11.0 Å². The molecule has 0 radical (unpaired) electrons. The van der Waals surface area contributed by atoms with Gasteiger partial charge in [-0.05, 0) is 48.1 Å². The van der Waals surface area contributed by atoms with Gasteiger partial charge < -0.3 is 10.1 Å². The number of H-pyrrole nitrogens is 1. The van der Waals surface area contributed by atoms with Crippen molar-refractivity contribution in [3.63, 3.8) is 0 Å². The second-order valence-corrected chi connectivity index (χ2v) is 9.31. The van der Waals surface area contributed by atoms with Crippen LogP contribution in [-0.4, -0.2) is 32.6 Å². The zero-order valence-corrected chi connectivity index (χ0v) is 17.9. The number of aryl methyl sites for hydroxylation is 1. The first-order chi connectivity index (χ1) is 12.8. The van der Waals surface area contributed by atoms with E-state index in [4.69, 9.17) is 0 Å². The van der Waals surface area contributed by atoms with Crippen LogP contribution in [0.15, 0.2) is 29.8 Å². The molecule has 2 N–H and O–H groups in total. The Labute approximate surface area is 166 Å². The van der Waals surface area contributed by atoms with Crippen LogP contribution in [0.3, 0.4) is 0 Å². The molecule has 3 heterocycles. The van der Waals surface area contributed by atoms with Gasteiger partial charge in [-0.2, -0.15) is 0 Å². The lowest BCUT2D eigenvalue weighted by Gasteiger charge is -2.31. The summed E-state index contributed by atoms with van der Waals surface area (Å²) in [4.78, 5) is 11.9. The van der Waals surface area contributed by atoms with Crippen LogP contribution in [-0.2, 0) is 18.5 Å². The molecule has 1 atom stereocenters. The molecule has 3 aromatic heterocycles. The van der Waals surface area contributed by atoms with Crippen molar-refractivity contribution in [1.82, 2.24) is 14.9 Å². The highest BCUT2D eigenvalue weighted by Gasteiger charge is 2.26. The smallest absolute Gasteiger partial charge is 0.137 e. The van der Waals surface area contributed by atoms with E-state index in [-0.39, 0.29) is 18.1 Å². The maximum atomic E-state index is 10.0. The summed E-state index contributed by atoms with van der Waals surface area (Å²) in [6.07, 6.45) is 2.76. The number of hydrogen-bond donors (Lipinski definition) is 2. The Morgan fingerprint density at radius 1 is 1.26 bits per heavy atom. The van der Waals surface area contributed by atoms with Crippen LogP contribution in [0.5, 0.6) is 0 Å². The van der Waals surface area contributed by atoms with Crippen molar-refractivity contribution in [3.8, 4) is 0 Å². The highest BCUT2D eigenvalue weighted by molar-refractivity contribution is 7.10. The molecule has 0 aliphatic carbocycles. The first-order valence-corrected chi connectivity index (χ1v) is 10.6. The summed E-state index contributed by atoms with van der Waals surface area (Å²) in [5.74, 6) is 0. The summed E-state index contributed by atoms with van der Waals surface area (Å²) in [6, 6.07) is 6.47. The van der Waals surface area contributed by atoms with Gasteiger partial charge >= 0.3 is 0 Å². The lowest BCUT2D eigenvalue weighted by molar-refractivity contribution is 0.107. The minimum Gasteiger partial charge on any atom is -0.395 e. The van der Waals surface area contributed by atoms with E-state index < -0.39 is 0 Å². The summed E-state index contributed by atoms with van der Waals surface area (Å²) in [7, 11) is 0. The number of pyridine rings is 1. The molecule has 3 rings (SSSR count). The number of aromatic amines is 1. The van der Waals surface area contributed by atoms with Crippen LogP contribution in [0.2, 0.25) is 0 Å². The van der Waals surface area contributed by atoms with Crippen LogP contribution in [0, 0.1) is 6.92 Å². The van der Waals surface area contributed by atoms with Gasteiger partial charge in [0, 0.05) is 46.7 Å². The number of nitrogens with zero attached hydrogens (tertiary/aromatic N) is 2. The highest BCUT2D eigenvalue weighted by Crippen LogP contribution is 2.33. The second kappa shape index (κ2) is 8.13. The van der Waals surface area contributed by atoms with Crippen molar-refractivity contribution in [2.75, 3.05) is 6.61 Å². The molecule has 0 bridgehead atoms. The minimum atomic E-state index is 0.00147. The zero-order valence-electron chi connectivity index (χ0n) is 17.0. The van der Waals surface area contributed by atoms with E-state index in [1.807, 2.05) is 12.3 Å². The van der Waals surface area contributed by atoms with Crippen molar-refractivity contribution < 1.29 is 5.11 Å². The van der Waals surface area contributed by atoms with Gasteiger partial charge in [0.15, 0.2) is 0 Å². The summed E-state index contributed by atoms with van der Waals surface area (Å²) in [5, 5.41) is 13.3. The summed E-state index contributed by atoms with van der Waals surface area (Å²) in [5.41, 5.74) is 4.81. The van der Waals surface area contributed by atoms with Crippen molar-refractivity contribution in [2.45, 2.75) is 65.6 Å². The number of aliphatic hydroxyl groups is 1. The predicted molar refractivity (Wildman–Crippen MR) is 114 cm³/mol. The van der Waals surface area contributed by atoms with E-state index in [2.05, 4.69) is 67.0 Å². The number of nitrogens with one attached hydrogen (secondary N) is 1. The van der Waals surface area contributed by atoms with Crippen molar-refractivity contribution >= 4 is 22.4 Å². The number of aliphatic hydroxyl groups excluding tert-OH is 1. The molecule has 4 nitrogen and oxygen atoms in total. The van der Waals surface area contributed by atoms with Gasteiger partial charge in [0.25, 0.3) is 0 Å².